The van der Waals surface area contributed by atoms with Crippen LogP contribution in [0.15, 0.2) is 23.8 Å². The first-order valence-corrected chi connectivity index (χ1v) is 5.82. The van der Waals surface area contributed by atoms with Crippen molar-refractivity contribution in [2.24, 2.45) is 5.92 Å². The molecule has 1 unspecified atom stereocenters. The van der Waals surface area contributed by atoms with Gasteiger partial charge < -0.3 is 0 Å². The third kappa shape index (κ3) is 2.46. The smallest absolute Gasteiger partial charge is 0.0200 e. The fourth-order valence-corrected chi connectivity index (χ4v) is 2.61. The fourth-order valence-electron chi connectivity index (χ4n) is 2.61. The Hall–Kier alpha value is -0.520. The Bertz CT molecular complexity index is 210. The Labute approximate surface area is 81.7 Å². The lowest BCUT2D eigenvalue weighted by atomic mass is 9.94. The second-order valence-corrected chi connectivity index (χ2v) is 4.40. The van der Waals surface area contributed by atoms with E-state index in [1.807, 2.05) is 0 Å². The van der Waals surface area contributed by atoms with E-state index in [-0.39, 0.29) is 0 Å². The van der Waals surface area contributed by atoms with E-state index in [2.05, 4.69) is 18.2 Å². The molecule has 2 aliphatic rings. The highest BCUT2D eigenvalue weighted by atomic mass is 14.2. The van der Waals surface area contributed by atoms with Crippen LogP contribution in [0.2, 0.25) is 0 Å². The van der Waals surface area contributed by atoms with Gasteiger partial charge in [0.15, 0.2) is 0 Å². The van der Waals surface area contributed by atoms with Gasteiger partial charge in [-0.05, 0) is 44.4 Å². The van der Waals surface area contributed by atoms with Crippen molar-refractivity contribution in [2.75, 3.05) is 0 Å². The molecule has 0 nitrogen and oxygen atoms in total. The van der Waals surface area contributed by atoms with Crippen molar-refractivity contribution in [1.29, 1.82) is 0 Å². The Morgan fingerprint density at radius 2 is 1.92 bits per heavy atom. The fraction of sp³-hybridized carbons (Fsp3) is 0.692. The Morgan fingerprint density at radius 1 is 1.00 bits per heavy atom. The Kier molecular flexibility index (Phi) is 3.23. The lowest BCUT2D eigenvalue weighted by Crippen LogP contribution is -1.97. The molecule has 1 fully saturated rings. The normalized spacial score (nSPS) is 36.0. The van der Waals surface area contributed by atoms with Gasteiger partial charge in [-0.1, -0.05) is 36.6 Å². The molecule has 2 aliphatic carbocycles. The second-order valence-electron chi connectivity index (χ2n) is 4.40. The molecule has 0 heteroatoms. The summed E-state index contributed by atoms with van der Waals surface area (Å²) in [7, 11) is 0. The molecule has 0 N–H and O–H groups in total. The average molecular weight is 176 g/mol. The van der Waals surface area contributed by atoms with Crippen molar-refractivity contribution in [3.8, 4) is 0 Å². The third-order valence-electron chi connectivity index (χ3n) is 3.41. The lowest BCUT2D eigenvalue weighted by Gasteiger charge is -2.12. The van der Waals surface area contributed by atoms with Gasteiger partial charge in [-0.25, -0.2) is 0 Å². The maximum atomic E-state index is 2.39. The first kappa shape index (κ1) is 9.05. The molecule has 13 heavy (non-hydrogen) atoms. The summed E-state index contributed by atoms with van der Waals surface area (Å²) in [6, 6.07) is 0. The first-order chi connectivity index (χ1) is 6.47. The molecule has 0 bridgehead atoms. The van der Waals surface area contributed by atoms with E-state index in [1.165, 1.54) is 51.4 Å². The number of hydrogen-bond donors (Lipinski definition) is 0. The van der Waals surface area contributed by atoms with Crippen molar-refractivity contribution in [2.45, 2.75) is 51.4 Å². The van der Waals surface area contributed by atoms with E-state index in [4.69, 9.17) is 0 Å². The van der Waals surface area contributed by atoms with Gasteiger partial charge >= 0.3 is 0 Å². The average Bonchev–Trinajstić information content (AvgIpc) is 2.59. The molecular weight excluding hydrogens is 156 g/mol. The number of allylic oxidation sites excluding steroid dienone is 4. The van der Waals surface area contributed by atoms with E-state index >= 15 is 0 Å². The first-order valence-electron chi connectivity index (χ1n) is 5.82. The van der Waals surface area contributed by atoms with Crippen molar-refractivity contribution in [1.82, 2.24) is 0 Å². The molecule has 2 rings (SSSR count). The van der Waals surface area contributed by atoms with Crippen LogP contribution in [0, 0.1) is 5.92 Å². The van der Waals surface area contributed by atoms with Gasteiger partial charge in [-0.3, -0.25) is 0 Å². The monoisotopic (exact) mass is 176 g/mol. The van der Waals surface area contributed by atoms with Crippen molar-refractivity contribution >= 4 is 0 Å². The Balaban J connectivity index is 2.04. The number of hydrogen-bond acceptors (Lipinski definition) is 0. The summed E-state index contributed by atoms with van der Waals surface area (Å²) in [6.45, 7) is 0. The van der Waals surface area contributed by atoms with Crippen molar-refractivity contribution < 1.29 is 0 Å². The van der Waals surface area contributed by atoms with Crippen LogP contribution in [0.1, 0.15) is 51.4 Å². The highest BCUT2D eigenvalue weighted by Crippen LogP contribution is 2.35. The molecule has 0 amide bonds. The third-order valence-corrected chi connectivity index (χ3v) is 3.41. The highest BCUT2D eigenvalue weighted by molar-refractivity contribution is 5.18. The molecule has 0 aromatic rings. The number of fused-ring (bicyclic) bond motifs is 1. The molecular formula is C13H20. The molecule has 0 aromatic heterocycles. The minimum Gasteiger partial charge on any atom is -0.0845 e. The molecule has 1 atom stereocenters. The van der Waals surface area contributed by atoms with Crippen molar-refractivity contribution in [3.05, 3.63) is 23.8 Å². The maximum absolute atomic E-state index is 2.39. The van der Waals surface area contributed by atoms with Crippen LogP contribution in [0.5, 0.6) is 0 Å². The van der Waals surface area contributed by atoms with Crippen LogP contribution < -0.4 is 0 Å². The zero-order valence-electron chi connectivity index (χ0n) is 8.47. The van der Waals surface area contributed by atoms with Crippen LogP contribution >= 0.6 is 0 Å². The van der Waals surface area contributed by atoms with Gasteiger partial charge in [-0.2, -0.15) is 0 Å². The van der Waals surface area contributed by atoms with Crippen LogP contribution in [-0.4, -0.2) is 0 Å². The van der Waals surface area contributed by atoms with E-state index in [0.717, 1.165) is 5.92 Å². The minimum absolute atomic E-state index is 0.947. The zero-order chi connectivity index (χ0) is 8.93. The van der Waals surface area contributed by atoms with Gasteiger partial charge in [0.25, 0.3) is 0 Å². The summed E-state index contributed by atoms with van der Waals surface area (Å²) in [5.74, 6) is 0.947. The standard InChI is InChI=1S/C13H20/c1-2-4-6-9-13-11-7-10-12(13)8-5-3-1/h3,5,8,13H,1-2,4,6-7,9-11H2/b5-3-,12-8-. The SMILES string of the molecule is C1=C\CCCCCC2CCC/C2=C/1. The van der Waals surface area contributed by atoms with Gasteiger partial charge in [0.05, 0.1) is 0 Å². The van der Waals surface area contributed by atoms with E-state index in [1.54, 1.807) is 5.57 Å². The second kappa shape index (κ2) is 4.64. The predicted molar refractivity (Wildman–Crippen MR) is 57.6 cm³/mol. The van der Waals surface area contributed by atoms with Crippen LogP contribution in [0.3, 0.4) is 0 Å². The highest BCUT2D eigenvalue weighted by Gasteiger charge is 2.19. The molecule has 1 saturated carbocycles. The summed E-state index contributed by atoms with van der Waals surface area (Å²) < 4.78 is 0. The summed E-state index contributed by atoms with van der Waals surface area (Å²) in [5.41, 5.74) is 1.73. The molecule has 0 saturated heterocycles. The van der Waals surface area contributed by atoms with Gasteiger partial charge in [0, 0.05) is 0 Å². The van der Waals surface area contributed by atoms with Crippen molar-refractivity contribution in [3.63, 3.8) is 0 Å². The summed E-state index contributed by atoms with van der Waals surface area (Å²) in [4.78, 5) is 0. The van der Waals surface area contributed by atoms with E-state index in [9.17, 15) is 0 Å². The molecule has 0 spiro atoms. The maximum Gasteiger partial charge on any atom is -0.0200 e. The van der Waals surface area contributed by atoms with Crippen LogP contribution in [0.4, 0.5) is 0 Å². The summed E-state index contributed by atoms with van der Waals surface area (Å²) in [5, 5.41) is 0. The molecule has 0 radical (unpaired) electrons. The molecule has 0 aromatic carbocycles. The quantitative estimate of drug-likeness (QED) is 0.518. The van der Waals surface area contributed by atoms with E-state index in [0.29, 0.717) is 0 Å². The summed E-state index contributed by atoms with van der Waals surface area (Å²) in [6.07, 6.45) is 18.3. The largest absolute Gasteiger partial charge is 0.0845 e. The topological polar surface area (TPSA) is 0 Å². The zero-order valence-corrected chi connectivity index (χ0v) is 8.47. The van der Waals surface area contributed by atoms with E-state index < -0.39 is 0 Å². The predicted octanol–water partition coefficient (Wildman–Crippen LogP) is 4.23. The molecule has 0 heterocycles. The van der Waals surface area contributed by atoms with Gasteiger partial charge in [0.2, 0.25) is 0 Å². The van der Waals surface area contributed by atoms with Gasteiger partial charge in [0.1, 0.15) is 0 Å². The lowest BCUT2D eigenvalue weighted by molar-refractivity contribution is 0.520. The van der Waals surface area contributed by atoms with Gasteiger partial charge in [-0.15, -0.1) is 0 Å². The van der Waals surface area contributed by atoms with Crippen LogP contribution in [-0.2, 0) is 0 Å². The van der Waals surface area contributed by atoms with Crippen LogP contribution in [0.25, 0.3) is 0 Å². The summed E-state index contributed by atoms with van der Waals surface area (Å²) >= 11 is 0. The number of rotatable bonds is 0. The molecule has 0 aliphatic heterocycles. The minimum atomic E-state index is 0.947. The Morgan fingerprint density at radius 3 is 2.92 bits per heavy atom. The molecule has 72 valence electrons.